The van der Waals surface area contributed by atoms with Gasteiger partial charge < -0.3 is 20.0 Å². The average Bonchev–Trinajstić information content (AvgIpc) is 2.53. The molecule has 1 atom stereocenters. The molecule has 1 aromatic carbocycles. The van der Waals surface area contributed by atoms with Crippen molar-refractivity contribution in [1.29, 1.82) is 0 Å². The van der Waals surface area contributed by atoms with Crippen LogP contribution in [0.15, 0.2) is 18.2 Å². The number of piperazine rings is 1. The van der Waals surface area contributed by atoms with Crippen molar-refractivity contribution in [3.63, 3.8) is 0 Å². The number of aliphatic hydroxyl groups excluding tert-OH is 2. The zero-order valence-electron chi connectivity index (χ0n) is 12.3. The first-order valence-corrected chi connectivity index (χ1v) is 7.04. The van der Waals surface area contributed by atoms with Crippen LogP contribution in [0.1, 0.15) is 12.5 Å². The molecule has 1 aromatic rings. The van der Waals surface area contributed by atoms with Gasteiger partial charge in [0.15, 0.2) is 0 Å². The molecule has 1 heterocycles. The van der Waals surface area contributed by atoms with Crippen molar-refractivity contribution >= 4 is 17.3 Å². The van der Waals surface area contributed by atoms with Crippen molar-refractivity contribution in [3.8, 4) is 0 Å². The number of carbonyl (C=O) groups is 1. The number of aliphatic hydroxyl groups is 2. The van der Waals surface area contributed by atoms with Gasteiger partial charge in [-0.15, -0.1) is 0 Å². The van der Waals surface area contributed by atoms with Gasteiger partial charge in [0.2, 0.25) is 0 Å². The molecule has 2 rings (SSSR count). The van der Waals surface area contributed by atoms with Crippen molar-refractivity contribution in [2.45, 2.75) is 19.6 Å². The normalized spacial score (nSPS) is 16.5. The second kappa shape index (κ2) is 6.71. The van der Waals surface area contributed by atoms with E-state index >= 15 is 0 Å². The SMILES string of the molecule is CC(O)C(=O)N1CCN(c2cc(CO)ccc2[N+](=O)[O-])CC1. The molecule has 2 N–H and O–H groups in total. The molecule has 1 amide bonds. The average molecular weight is 309 g/mol. The summed E-state index contributed by atoms with van der Waals surface area (Å²) in [6, 6.07) is 4.51. The highest BCUT2D eigenvalue weighted by Gasteiger charge is 2.27. The van der Waals surface area contributed by atoms with Gasteiger partial charge >= 0.3 is 0 Å². The summed E-state index contributed by atoms with van der Waals surface area (Å²) in [5.41, 5.74) is 1.02. The molecule has 8 heteroatoms. The Hall–Kier alpha value is -2.19. The minimum atomic E-state index is -1.04. The van der Waals surface area contributed by atoms with Crippen LogP contribution in [0.5, 0.6) is 0 Å². The van der Waals surface area contributed by atoms with Gasteiger partial charge in [-0.1, -0.05) is 0 Å². The summed E-state index contributed by atoms with van der Waals surface area (Å²) in [4.78, 5) is 25.8. The van der Waals surface area contributed by atoms with E-state index in [1.165, 1.54) is 19.1 Å². The summed E-state index contributed by atoms with van der Waals surface area (Å²) in [5.74, 6) is -0.335. The van der Waals surface area contributed by atoms with E-state index in [-0.39, 0.29) is 18.2 Å². The number of anilines is 1. The number of nitro benzene ring substituents is 1. The minimum absolute atomic E-state index is 0.0208. The van der Waals surface area contributed by atoms with E-state index in [0.717, 1.165) is 0 Å². The predicted octanol–water partition coefficient (Wildman–Crippen LogP) is 0.116. The summed E-state index contributed by atoms with van der Waals surface area (Å²) in [6.45, 7) is 2.90. The van der Waals surface area contributed by atoms with Gasteiger partial charge in [-0.3, -0.25) is 14.9 Å². The van der Waals surface area contributed by atoms with E-state index in [9.17, 15) is 25.1 Å². The molecule has 1 fully saturated rings. The maximum Gasteiger partial charge on any atom is 0.292 e. The van der Waals surface area contributed by atoms with E-state index in [1.54, 1.807) is 11.0 Å². The van der Waals surface area contributed by atoms with E-state index in [2.05, 4.69) is 0 Å². The van der Waals surface area contributed by atoms with Crippen LogP contribution >= 0.6 is 0 Å². The molecule has 120 valence electrons. The molecule has 0 aliphatic carbocycles. The smallest absolute Gasteiger partial charge is 0.292 e. The Labute approximate surface area is 127 Å². The van der Waals surface area contributed by atoms with Gasteiger partial charge in [0, 0.05) is 32.2 Å². The molecule has 1 aliphatic rings. The number of benzene rings is 1. The minimum Gasteiger partial charge on any atom is -0.392 e. The number of hydrogen-bond donors (Lipinski definition) is 2. The second-order valence-corrected chi connectivity index (χ2v) is 5.23. The zero-order chi connectivity index (χ0) is 16.3. The van der Waals surface area contributed by atoms with E-state index in [1.807, 2.05) is 4.90 Å². The van der Waals surface area contributed by atoms with Crippen molar-refractivity contribution in [2.24, 2.45) is 0 Å². The predicted molar refractivity (Wildman–Crippen MR) is 79.5 cm³/mol. The third-order valence-corrected chi connectivity index (χ3v) is 3.71. The number of carbonyl (C=O) groups excluding carboxylic acids is 1. The van der Waals surface area contributed by atoms with E-state index in [0.29, 0.717) is 37.4 Å². The van der Waals surface area contributed by atoms with Crippen LogP contribution < -0.4 is 4.90 Å². The summed E-state index contributed by atoms with van der Waals surface area (Å²) >= 11 is 0. The fourth-order valence-corrected chi connectivity index (χ4v) is 2.51. The van der Waals surface area contributed by atoms with Crippen LogP contribution in [0.3, 0.4) is 0 Å². The molecule has 0 aromatic heterocycles. The summed E-state index contributed by atoms with van der Waals surface area (Å²) in [6.07, 6.45) is -1.04. The number of nitro groups is 1. The summed E-state index contributed by atoms with van der Waals surface area (Å²) < 4.78 is 0. The highest BCUT2D eigenvalue weighted by Crippen LogP contribution is 2.30. The van der Waals surface area contributed by atoms with Crippen LogP contribution in [0.25, 0.3) is 0 Å². The second-order valence-electron chi connectivity index (χ2n) is 5.23. The Bertz CT molecular complexity index is 568. The van der Waals surface area contributed by atoms with Crippen LogP contribution in [-0.2, 0) is 11.4 Å². The first-order valence-electron chi connectivity index (χ1n) is 7.04. The first kappa shape index (κ1) is 16.2. The zero-order valence-corrected chi connectivity index (χ0v) is 12.3. The maximum absolute atomic E-state index is 11.7. The van der Waals surface area contributed by atoms with Gasteiger partial charge in [-0.25, -0.2) is 0 Å². The Balaban J connectivity index is 2.17. The van der Waals surface area contributed by atoms with E-state index in [4.69, 9.17) is 0 Å². The molecule has 0 saturated carbocycles. The number of nitrogens with zero attached hydrogens (tertiary/aromatic N) is 3. The maximum atomic E-state index is 11.7. The topological polar surface area (TPSA) is 107 Å². The molecule has 1 unspecified atom stereocenters. The highest BCUT2D eigenvalue weighted by molar-refractivity contribution is 5.80. The van der Waals surface area contributed by atoms with Gasteiger partial charge in [0.05, 0.1) is 11.5 Å². The van der Waals surface area contributed by atoms with Crippen molar-refractivity contribution < 1.29 is 19.9 Å². The van der Waals surface area contributed by atoms with Crippen LogP contribution in [0.4, 0.5) is 11.4 Å². The molecular weight excluding hydrogens is 290 g/mol. The summed E-state index contributed by atoms with van der Waals surface area (Å²) in [5, 5.41) is 29.7. The monoisotopic (exact) mass is 309 g/mol. The van der Waals surface area contributed by atoms with Crippen molar-refractivity contribution in [2.75, 3.05) is 31.1 Å². The molecular formula is C14H19N3O5. The third kappa shape index (κ3) is 3.34. The lowest BCUT2D eigenvalue weighted by atomic mass is 10.1. The third-order valence-electron chi connectivity index (χ3n) is 3.71. The lowest BCUT2D eigenvalue weighted by Crippen LogP contribution is -2.51. The summed E-state index contributed by atoms with van der Waals surface area (Å²) in [7, 11) is 0. The molecule has 0 bridgehead atoms. The Kier molecular flexibility index (Phi) is 4.94. The molecule has 1 saturated heterocycles. The lowest BCUT2D eigenvalue weighted by molar-refractivity contribution is -0.384. The fourth-order valence-electron chi connectivity index (χ4n) is 2.51. The molecule has 22 heavy (non-hydrogen) atoms. The van der Waals surface area contributed by atoms with Gasteiger partial charge in [-0.05, 0) is 24.6 Å². The molecule has 0 radical (unpaired) electrons. The van der Waals surface area contributed by atoms with Gasteiger partial charge in [-0.2, -0.15) is 0 Å². The number of rotatable bonds is 4. The number of amides is 1. The Morgan fingerprint density at radius 1 is 1.36 bits per heavy atom. The number of hydrogen-bond acceptors (Lipinski definition) is 6. The van der Waals surface area contributed by atoms with Crippen LogP contribution in [0, 0.1) is 10.1 Å². The molecule has 0 spiro atoms. The Morgan fingerprint density at radius 2 is 2.00 bits per heavy atom. The molecule has 8 nitrogen and oxygen atoms in total. The van der Waals surface area contributed by atoms with Crippen molar-refractivity contribution in [1.82, 2.24) is 4.90 Å². The van der Waals surface area contributed by atoms with E-state index < -0.39 is 11.0 Å². The van der Waals surface area contributed by atoms with Gasteiger partial charge in [0.25, 0.3) is 11.6 Å². The largest absolute Gasteiger partial charge is 0.392 e. The lowest BCUT2D eigenvalue weighted by Gasteiger charge is -2.36. The van der Waals surface area contributed by atoms with Crippen LogP contribution in [-0.4, -0.2) is 58.2 Å². The van der Waals surface area contributed by atoms with Gasteiger partial charge in [0.1, 0.15) is 11.8 Å². The quantitative estimate of drug-likeness (QED) is 0.604. The first-order chi connectivity index (χ1) is 10.4. The van der Waals surface area contributed by atoms with Crippen LogP contribution in [0.2, 0.25) is 0 Å². The van der Waals surface area contributed by atoms with Crippen molar-refractivity contribution in [3.05, 3.63) is 33.9 Å². The fraction of sp³-hybridized carbons (Fsp3) is 0.500. The standard InChI is InChI=1S/C14H19N3O5/c1-10(19)14(20)16-6-4-15(5-7-16)13-8-11(9-18)2-3-12(13)17(21)22/h2-3,8,10,18-19H,4-7,9H2,1H3. The molecule has 1 aliphatic heterocycles. The Morgan fingerprint density at radius 3 is 2.50 bits per heavy atom. The highest BCUT2D eigenvalue weighted by atomic mass is 16.6.